The van der Waals surface area contributed by atoms with E-state index in [9.17, 15) is 9.59 Å². The minimum Gasteiger partial charge on any atom is -0.385 e. The van der Waals surface area contributed by atoms with E-state index >= 15 is 0 Å². The predicted octanol–water partition coefficient (Wildman–Crippen LogP) is 2.59. The van der Waals surface area contributed by atoms with Crippen molar-refractivity contribution in [3.63, 3.8) is 0 Å². The van der Waals surface area contributed by atoms with E-state index in [4.69, 9.17) is 4.74 Å². The SMILES string of the molecule is CCCN(CCC)C(=O)C1CCC(C(=O)NCCCOC)CC1. The first-order valence-corrected chi connectivity index (χ1v) is 9.19. The van der Waals surface area contributed by atoms with Gasteiger partial charge in [-0.15, -0.1) is 0 Å². The molecule has 1 aliphatic rings. The lowest BCUT2D eigenvalue weighted by Crippen LogP contribution is -2.40. The second-order valence-corrected chi connectivity index (χ2v) is 6.51. The van der Waals surface area contributed by atoms with E-state index in [1.165, 1.54) is 0 Å². The third kappa shape index (κ3) is 6.90. The van der Waals surface area contributed by atoms with Gasteiger partial charge in [-0.2, -0.15) is 0 Å². The normalized spacial score (nSPS) is 21.0. The van der Waals surface area contributed by atoms with Crippen LogP contribution >= 0.6 is 0 Å². The van der Waals surface area contributed by atoms with Gasteiger partial charge < -0.3 is 15.0 Å². The number of nitrogens with one attached hydrogen (secondary N) is 1. The molecule has 0 heterocycles. The Bertz CT molecular complexity index is 346. The molecule has 0 aliphatic heterocycles. The number of carbonyl (C=O) groups is 2. The standard InChI is InChI=1S/C18H34N2O3/c1-4-12-20(13-5-2)18(22)16-9-7-15(8-10-16)17(21)19-11-6-14-23-3/h15-16H,4-14H2,1-3H3,(H,19,21). The summed E-state index contributed by atoms with van der Waals surface area (Å²) < 4.78 is 4.98. The van der Waals surface area contributed by atoms with E-state index < -0.39 is 0 Å². The highest BCUT2D eigenvalue weighted by Gasteiger charge is 2.31. The Morgan fingerprint density at radius 1 is 1.04 bits per heavy atom. The fourth-order valence-corrected chi connectivity index (χ4v) is 3.31. The van der Waals surface area contributed by atoms with Crippen LogP contribution < -0.4 is 5.32 Å². The van der Waals surface area contributed by atoms with Crippen LogP contribution in [-0.2, 0) is 14.3 Å². The summed E-state index contributed by atoms with van der Waals surface area (Å²) in [7, 11) is 1.67. The summed E-state index contributed by atoms with van der Waals surface area (Å²) in [4.78, 5) is 26.7. The van der Waals surface area contributed by atoms with Gasteiger partial charge in [-0.05, 0) is 44.9 Å². The van der Waals surface area contributed by atoms with E-state index in [1.54, 1.807) is 7.11 Å². The molecule has 0 radical (unpaired) electrons. The van der Waals surface area contributed by atoms with Gasteiger partial charge in [0.1, 0.15) is 0 Å². The Morgan fingerprint density at radius 2 is 1.61 bits per heavy atom. The molecule has 0 aromatic rings. The summed E-state index contributed by atoms with van der Waals surface area (Å²) in [6.07, 6.45) is 6.21. The van der Waals surface area contributed by atoms with Crippen molar-refractivity contribution in [3.05, 3.63) is 0 Å². The van der Waals surface area contributed by atoms with Gasteiger partial charge in [0.15, 0.2) is 0 Å². The average molecular weight is 326 g/mol. The maximum Gasteiger partial charge on any atom is 0.225 e. The summed E-state index contributed by atoms with van der Waals surface area (Å²) >= 11 is 0. The summed E-state index contributed by atoms with van der Waals surface area (Å²) in [6.45, 7) is 7.28. The first kappa shape index (κ1) is 19.9. The topological polar surface area (TPSA) is 58.6 Å². The van der Waals surface area contributed by atoms with Crippen LogP contribution in [-0.4, -0.2) is 50.1 Å². The average Bonchev–Trinajstić information content (AvgIpc) is 2.58. The number of ether oxygens (including phenoxy) is 1. The molecule has 0 aromatic carbocycles. The van der Waals surface area contributed by atoms with Gasteiger partial charge in [0.25, 0.3) is 0 Å². The molecular weight excluding hydrogens is 292 g/mol. The molecule has 0 atom stereocenters. The summed E-state index contributed by atoms with van der Waals surface area (Å²) in [5, 5.41) is 2.98. The molecular formula is C18H34N2O3. The van der Waals surface area contributed by atoms with Crippen LogP contribution in [0.1, 0.15) is 58.8 Å². The third-order valence-corrected chi connectivity index (χ3v) is 4.57. The minimum atomic E-state index is 0.0763. The molecule has 0 unspecified atom stereocenters. The van der Waals surface area contributed by atoms with E-state index in [-0.39, 0.29) is 17.7 Å². The summed E-state index contributed by atoms with van der Waals surface area (Å²) in [6, 6.07) is 0. The molecule has 134 valence electrons. The molecule has 0 bridgehead atoms. The van der Waals surface area contributed by atoms with Crippen molar-refractivity contribution in [3.8, 4) is 0 Å². The lowest BCUT2D eigenvalue weighted by atomic mass is 9.81. The van der Waals surface area contributed by atoms with Crippen LogP contribution in [0.5, 0.6) is 0 Å². The van der Waals surface area contributed by atoms with Gasteiger partial charge in [0.05, 0.1) is 0 Å². The Hall–Kier alpha value is -1.10. The molecule has 2 amide bonds. The van der Waals surface area contributed by atoms with E-state index in [2.05, 4.69) is 19.2 Å². The number of nitrogens with zero attached hydrogens (tertiary/aromatic N) is 1. The maximum absolute atomic E-state index is 12.6. The second kappa shape index (κ2) is 11.4. The van der Waals surface area contributed by atoms with E-state index in [1.807, 2.05) is 4.90 Å². The Morgan fingerprint density at radius 3 is 2.13 bits per heavy atom. The largest absolute Gasteiger partial charge is 0.385 e. The molecule has 5 heteroatoms. The minimum absolute atomic E-state index is 0.0763. The maximum atomic E-state index is 12.6. The number of carbonyl (C=O) groups excluding carboxylic acids is 2. The van der Waals surface area contributed by atoms with Gasteiger partial charge in [-0.3, -0.25) is 9.59 Å². The van der Waals surface area contributed by atoms with Crippen molar-refractivity contribution in [2.75, 3.05) is 33.4 Å². The molecule has 5 nitrogen and oxygen atoms in total. The second-order valence-electron chi connectivity index (χ2n) is 6.51. The van der Waals surface area contributed by atoms with Crippen molar-refractivity contribution in [2.45, 2.75) is 58.8 Å². The van der Waals surface area contributed by atoms with Crippen LogP contribution in [0.3, 0.4) is 0 Å². The fourth-order valence-electron chi connectivity index (χ4n) is 3.31. The lowest BCUT2D eigenvalue weighted by molar-refractivity contribution is -0.138. The van der Waals surface area contributed by atoms with Crippen LogP contribution in [0, 0.1) is 11.8 Å². The Labute approximate surface area is 141 Å². The van der Waals surface area contributed by atoms with Crippen LogP contribution in [0.4, 0.5) is 0 Å². The van der Waals surface area contributed by atoms with Crippen molar-refractivity contribution in [2.24, 2.45) is 11.8 Å². The molecule has 1 N–H and O–H groups in total. The highest BCUT2D eigenvalue weighted by atomic mass is 16.5. The number of hydrogen-bond acceptors (Lipinski definition) is 3. The Balaban J connectivity index is 2.36. The van der Waals surface area contributed by atoms with E-state index in [0.29, 0.717) is 19.1 Å². The zero-order valence-corrected chi connectivity index (χ0v) is 15.1. The van der Waals surface area contributed by atoms with Crippen molar-refractivity contribution in [1.29, 1.82) is 0 Å². The zero-order valence-electron chi connectivity index (χ0n) is 15.1. The quantitative estimate of drug-likeness (QED) is 0.628. The van der Waals surface area contributed by atoms with E-state index in [0.717, 1.165) is 58.0 Å². The molecule has 1 rings (SSSR count). The zero-order chi connectivity index (χ0) is 17.1. The molecule has 1 aliphatic carbocycles. The highest BCUT2D eigenvalue weighted by Crippen LogP contribution is 2.30. The fraction of sp³-hybridized carbons (Fsp3) is 0.889. The summed E-state index contributed by atoms with van der Waals surface area (Å²) in [5.74, 6) is 0.636. The highest BCUT2D eigenvalue weighted by molar-refractivity contribution is 5.81. The first-order chi connectivity index (χ1) is 11.1. The number of methoxy groups -OCH3 is 1. The molecule has 1 saturated carbocycles. The van der Waals surface area contributed by atoms with Gasteiger partial charge in [-0.1, -0.05) is 13.8 Å². The van der Waals surface area contributed by atoms with Crippen LogP contribution in [0.2, 0.25) is 0 Å². The van der Waals surface area contributed by atoms with Crippen molar-refractivity contribution in [1.82, 2.24) is 10.2 Å². The molecule has 1 fully saturated rings. The number of amides is 2. The summed E-state index contributed by atoms with van der Waals surface area (Å²) in [5.41, 5.74) is 0. The molecule has 23 heavy (non-hydrogen) atoms. The van der Waals surface area contributed by atoms with Gasteiger partial charge >= 0.3 is 0 Å². The molecule has 0 spiro atoms. The Kier molecular flexibility index (Phi) is 9.92. The van der Waals surface area contributed by atoms with Crippen LogP contribution in [0.15, 0.2) is 0 Å². The monoisotopic (exact) mass is 326 g/mol. The lowest BCUT2D eigenvalue weighted by Gasteiger charge is -2.31. The van der Waals surface area contributed by atoms with Crippen LogP contribution in [0.25, 0.3) is 0 Å². The molecule has 0 aromatic heterocycles. The molecule has 0 saturated heterocycles. The van der Waals surface area contributed by atoms with Gasteiger partial charge in [0, 0.05) is 45.2 Å². The number of hydrogen-bond donors (Lipinski definition) is 1. The van der Waals surface area contributed by atoms with Crippen molar-refractivity contribution >= 4 is 11.8 Å². The smallest absolute Gasteiger partial charge is 0.225 e. The van der Waals surface area contributed by atoms with Crippen molar-refractivity contribution < 1.29 is 14.3 Å². The van der Waals surface area contributed by atoms with Gasteiger partial charge in [0.2, 0.25) is 11.8 Å². The predicted molar refractivity (Wildman–Crippen MR) is 92.1 cm³/mol. The van der Waals surface area contributed by atoms with Gasteiger partial charge in [-0.25, -0.2) is 0 Å². The third-order valence-electron chi connectivity index (χ3n) is 4.57. The number of rotatable bonds is 10. The first-order valence-electron chi connectivity index (χ1n) is 9.19.